The molecule has 0 saturated carbocycles. The number of nitrogens with two attached hydrogens (primary N) is 1. The lowest BCUT2D eigenvalue weighted by atomic mass is 9.99. The van der Waals surface area contributed by atoms with E-state index in [0.717, 1.165) is 5.56 Å². The second-order valence-electron chi connectivity index (χ2n) is 4.50. The van der Waals surface area contributed by atoms with Crippen LogP contribution in [0.4, 0.5) is 0 Å². The van der Waals surface area contributed by atoms with Crippen LogP contribution in [0.3, 0.4) is 0 Å². The maximum atomic E-state index is 12.2. The highest BCUT2D eigenvalue weighted by Crippen LogP contribution is 2.16. The summed E-state index contributed by atoms with van der Waals surface area (Å²) < 4.78 is 5.71. The first-order valence-corrected chi connectivity index (χ1v) is 6.35. The average Bonchev–Trinajstić information content (AvgIpc) is 2.43. The lowest BCUT2D eigenvalue weighted by Gasteiger charge is -2.21. The zero-order chi connectivity index (χ0) is 13.7. The van der Waals surface area contributed by atoms with Crippen LogP contribution in [-0.4, -0.2) is 24.1 Å². The van der Waals surface area contributed by atoms with E-state index in [1.54, 1.807) is 6.20 Å². The molecule has 0 fully saturated rings. The van der Waals surface area contributed by atoms with Crippen molar-refractivity contribution in [3.63, 3.8) is 0 Å². The summed E-state index contributed by atoms with van der Waals surface area (Å²) in [5.74, 6) is -0.0196. The molecule has 1 aromatic rings. The van der Waals surface area contributed by atoms with Gasteiger partial charge in [-0.3, -0.25) is 9.79 Å². The number of carbonyl (C=O) groups excluding carboxylic acids is 1. The van der Waals surface area contributed by atoms with Gasteiger partial charge in [0.1, 0.15) is 0 Å². The molecule has 2 rings (SSSR count). The second-order valence-corrected chi connectivity index (χ2v) is 4.50. The number of rotatable bonds is 5. The zero-order valence-corrected chi connectivity index (χ0v) is 11.0. The van der Waals surface area contributed by atoms with Crippen LogP contribution in [0.15, 0.2) is 47.1 Å². The van der Waals surface area contributed by atoms with Crippen LogP contribution in [0.1, 0.15) is 18.9 Å². The quantitative estimate of drug-likeness (QED) is 0.876. The third-order valence-electron chi connectivity index (χ3n) is 3.03. The van der Waals surface area contributed by atoms with Crippen LogP contribution in [-0.2, 0) is 16.1 Å². The number of Topliss-reactive ketones (excluding diaryl/α,β-unsaturated/α-hetero) is 1. The van der Waals surface area contributed by atoms with E-state index in [9.17, 15) is 4.79 Å². The summed E-state index contributed by atoms with van der Waals surface area (Å²) in [5, 5.41) is 0. The highest BCUT2D eigenvalue weighted by atomic mass is 16.5. The van der Waals surface area contributed by atoms with Crippen LogP contribution < -0.4 is 5.73 Å². The Kier molecular flexibility index (Phi) is 4.60. The Morgan fingerprint density at radius 2 is 2.05 bits per heavy atom. The van der Waals surface area contributed by atoms with Crippen LogP contribution in [0.25, 0.3) is 0 Å². The van der Waals surface area contributed by atoms with Crippen LogP contribution in [0.5, 0.6) is 0 Å². The summed E-state index contributed by atoms with van der Waals surface area (Å²) in [7, 11) is 0. The van der Waals surface area contributed by atoms with E-state index in [2.05, 4.69) is 4.99 Å². The van der Waals surface area contributed by atoms with E-state index in [0.29, 0.717) is 30.9 Å². The van der Waals surface area contributed by atoms with Crippen LogP contribution >= 0.6 is 0 Å². The Balaban J connectivity index is 2.02. The topological polar surface area (TPSA) is 64.7 Å². The first-order chi connectivity index (χ1) is 9.22. The lowest BCUT2D eigenvalue weighted by molar-refractivity contribution is -0.123. The summed E-state index contributed by atoms with van der Waals surface area (Å²) in [6.07, 6.45) is 1.57. The molecule has 100 valence electrons. The van der Waals surface area contributed by atoms with Gasteiger partial charge in [0, 0.05) is 11.8 Å². The van der Waals surface area contributed by atoms with Crippen LogP contribution in [0, 0.1) is 0 Å². The molecular formula is C15H18N2O2. The maximum absolute atomic E-state index is 12.2. The monoisotopic (exact) mass is 258 g/mol. The second kappa shape index (κ2) is 6.41. The van der Waals surface area contributed by atoms with Gasteiger partial charge < -0.3 is 10.5 Å². The van der Waals surface area contributed by atoms with E-state index in [1.165, 1.54) is 0 Å². The van der Waals surface area contributed by atoms with Crippen molar-refractivity contribution >= 4 is 11.5 Å². The largest absolute Gasteiger partial charge is 0.359 e. The average molecular weight is 258 g/mol. The predicted molar refractivity (Wildman–Crippen MR) is 74.9 cm³/mol. The fourth-order valence-electron chi connectivity index (χ4n) is 1.96. The fraction of sp³-hybridized carbons (Fsp3) is 0.333. The molecule has 0 aromatic heterocycles. The number of benzene rings is 1. The van der Waals surface area contributed by atoms with E-state index >= 15 is 0 Å². The molecule has 1 atom stereocenters. The van der Waals surface area contributed by atoms with Crippen LogP contribution in [0.2, 0.25) is 0 Å². The minimum absolute atomic E-state index is 0.0196. The van der Waals surface area contributed by atoms with Gasteiger partial charge in [0.2, 0.25) is 0 Å². The summed E-state index contributed by atoms with van der Waals surface area (Å²) >= 11 is 0. The Labute approximate surface area is 113 Å². The molecule has 0 bridgehead atoms. The first-order valence-electron chi connectivity index (χ1n) is 6.35. The molecule has 4 nitrogen and oxygen atoms in total. The molecule has 0 amide bonds. The maximum Gasteiger partial charge on any atom is 0.194 e. The summed E-state index contributed by atoms with van der Waals surface area (Å²) in [4.78, 5) is 16.4. The van der Waals surface area contributed by atoms with Crippen molar-refractivity contribution < 1.29 is 9.53 Å². The van der Waals surface area contributed by atoms with Gasteiger partial charge >= 0.3 is 0 Å². The summed E-state index contributed by atoms with van der Waals surface area (Å²) in [6, 6.07) is 9.78. The van der Waals surface area contributed by atoms with Crippen molar-refractivity contribution in [3.8, 4) is 0 Å². The highest BCUT2D eigenvalue weighted by Gasteiger charge is 2.27. The third kappa shape index (κ3) is 3.36. The molecule has 2 N–H and O–H groups in total. The minimum Gasteiger partial charge on any atom is -0.359 e. The SMILES string of the molecule is CC1=NC=C(CCN)C(=O)C1OCc1ccccc1. The molecule has 1 unspecified atom stereocenters. The van der Waals surface area contributed by atoms with Gasteiger partial charge in [-0.05, 0) is 25.5 Å². The number of aliphatic imine (C=N–C) groups is 1. The van der Waals surface area contributed by atoms with Crippen molar-refractivity contribution in [1.29, 1.82) is 0 Å². The van der Waals surface area contributed by atoms with Gasteiger partial charge in [-0.2, -0.15) is 0 Å². The van der Waals surface area contributed by atoms with E-state index < -0.39 is 6.10 Å². The van der Waals surface area contributed by atoms with Gasteiger partial charge in [-0.25, -0.2) is 0 Å². The number of hydrogen-bond donors (Lipinski definition) is 1. The van der Waals surface area contributed by atoms with E-state index in [-0.39, 0.29) is 5.78 Å². The molecule has 1 heterocycles. The normalized spacial score (nSPS) is 19.1. The number of ketones is 1. The van der Waals surface area contributed by atoms with Gasteiger partial charge in [0.25, 0.3) is 0 Å². The first kappa shape index (κ1) is 13.6. The lowest BCUT2D eigenvalue weighted by Crippen LogP contribution is -2.35. The van der Waals surface area contributed by atoms with Gasteiger partial charge in [0.05, 0.1) is 12.3 Å². The number of carbonyl (C=O) groups is 1. The van der Waals surface area contributed by atoms with Gasteiger partial charge in [0.15, 0.2) is 11.9 Å². The fourth-order valence-corrected chi connectivity index (χ4v) is 1.96. The Bertz CT molecular complexity index is 506. The van der Waals surface area contributed by atoms with Crippen molar-refractivity contribution in [2.45, 2.75) is 26.1 Å². The smallest absolute Gasteiger partial charge is 0.194 e. The minimum atomic E-state index is -0.577. The van der Waals surface area contributed by atoms with Crippen molar-refractivity contribution in [2.75, 3.05) is 6.54 Å². The molecule has 4 heteroatoms. The van der Waals surface area contributed by atoms with E-state index in [4.69, 9.17) is 10.5 Å². The van der Waals surface area contributed by atoms with Gasteiger partial charge in [-0.1, -0.05) is 30.3 Å². The molecule has 1 aromatic carbocycles. The number of ether oxygens (including phenoxy) is 1. The highest BCUT2D eigenvalue weighted by molar-refractivity contribution is 6.15. The van der Waals surface area contributed by atoms with Gasteiger partial charge in [-0.15, -0.1) is 0 Å². The molecule has 1 aliphatic rings. The number of nitrogens with zero attached hydrogens (tertiary/aromatic N) is 1. The predicted octanol–water partition coefficient (Wildman–Crippen LogP) is 1.85. The molecule has 19 heavy (non-hydrogen) atoms. The Hall–Kier alpha value is -1.78. The molecule has 0 aliphatic carbocycles. The molecule has 0 spiro atoms. The molecular weight excluding hydrogens is 240 g/mol. The van der Waals surface area contributed by atoms with Crippen molar-refractivity contribution in [2.24, 2.45) is 10.7 Å². The third-order valence-corrected chi connectivity index (χ3v) is 3.03. The van der Waals surface area contributed by atoms with E-state index in [1.807, 2.05) is 37.3 Å². The standard InChI is InChI=1S/C15H18N2O2/c1-11-15(14(18)13(7-8-16)9-17-11)19-10-12-5-3-2-4-6-12/h2-6,9,15H,7-8,10,16H2,1H3. The van der Waals surface area contributed by atoms with Crippen molar-refractivity contribution in [1.82, 2.24) is 0 Å². The Morgan fingerprint density at radius 3 is 2.74 bits per heavy atom. The molecule has 0 saturated heterocycles. The Morgan fingerprint density at radius 1 is 1.32 bits per heavy atom. The molecule has 1 aliphatic heterocycles. The number of hydrogen-bond acceptors (Lipinski definition) is 4. The summed E-state index contributed by atoms with van der Waals surface area (Å²) in [5.41, 5.74) is 7.86. The summed E-state index contributed by atoms with van der Waals surface area (Å²) in [6.45, 7) is 2.65. The molecule has 0 radical (unpaired) electrons. The zero-order valence-electron chi connectivity index (χ0n) is 11.0. The van der Waals surface area contributed by atoms with Crippen molar-refractivity contribution in [3.05, 3.63) is 47.7 Å².